The SMILES string of the molecule is C.C.CC(C)(C)OC(=O)NCCBr.CCOC(=O)c1cc2cc([N+](=O)[O-])ccc2[nH]1.CCOC(=O)c1cc2cc([N+](=O)[O-])ccc2n1CCN.CCOC(=O)c1cc2cc([N+](=O)[O-])ccc2n1CCNC(=O)OC(C)(C)C.CN1CCn2c(cc3cc(N)ccc32)C1.CN1CCn2c(cc3cc(N)ccc32)C1=O.CN1CCn2c(cc3cc([N+](=O)[O-])ccc32)C1=O.O=C1NCCn2c1cc1cc([N+](=O)[O-])ccc12.[2H]CF.[2H]CF.[AlH3].[H-].[Li+]. The maximum absolute atomic E-state index is 12.2. The van der Waals surface area contributed by atoms with Crippen molar-refractivity contribution in [3.8, 4) is 0 Å². The first-order chi connectivity index (χ1) is 69.7. The summed E-state index contributed by atoms with van der Waals surface area (Å²) in [5.41, 5.74) is 28.0. The molecule has 149 heavy (non-hydrogen) atoms. The number of alkyl carbamates (subject to hydrolysis) is 2. The van der Waals surface area contributed by atoms with Crippen molar-refractivity contribution in [2.45, 2.75) is 134 Å². The molecule has 0 aliphatic carbocycles. The molecule has 0 unspecified atom stereocenters. The van der Waals surface area contributed by atoms with Gasteiger partial charge < -0.3 is 100 Å². The third-order valence-corrected chi connectivity index (χ3v) is 22.6. The van der Waals surface area contributed by atoms with Gasteiger partial charge in [0.05, 0.1) is 61.5 Å². The van der Waals surface area contributed by atoms with Gasteiger partial charge in [0, 0.05) is 265 Å². The third kappa shape index (κ3) is 32.3. The number of nitrogens with one attached hydrogen (secondary N) is 4. The van der Waals surface area contributed by atoms with Crippen LogP contribution >= 0.6 is 15.9 Å². The Bertz CT molecular complexity index is 7200. The molecule has 0 saturated heterocycles. The summed E-state index contributed by atoms with van der Waals surface area (Å²) in [5, 5.41) is 68.0. The number of amides is 5. The van der Waals surface area contributed by atoms with Crippen LogP contribution in [0, 0.1) is 50.6 Å². The second kappa shape index (κ2) is 56.6. The monoisotopic (exact) mass is 2140 g/mol. The van der Waals surface area contributed by atoms with Crippen LogP contribution < -0.4 is 52.0 Å². The molecule has 0 bridgehead atoms. The molecule has 7 aromatic carbocycles. The number of nitrogen functional groups attached to an aromatic ring is 2. The predicted molar refractivity (Wildman–Crippen MR) is 572 cm³/mol. The number of halogens is 3. The number of ether oxygens (including phenoxy) is 5. The zero-order valence-electron chi connectivity index (χ0n) is 85.8. The molecule has 0 fully saturated rings. The largest absolute Gasteiger partial charge is 1.00 e. The maximum Gasteiger partial charge on any atom is 1.00 e. The molecule has 796 valence electrons. The van der Waals surface area contributed by atoms with E-state index in [0.29, 0.717) is 89.2 Å². The van der Waals surface area contributed by atoms with Gasteiger partial charge in [-0.3, -0.25) is 78.6 Å². The Morgan fingerprint density at radius 3 is 1.22 bits per heavy atom. The van der Waals surface area contributed by atoms with Crippen LogP contribution in [-0.2, 0) is 69.5 Å². The van der Waals surface area contributed by atoms with Crippen LogP contribution in [0.2, 0.25) is 0 Å². The number of non-ortho nitro benzene ring substituents is 5. The summed E-state index contributed by atoms with van der Waals surface area (Å²) in [4.78, 5) is 154. The molecule has 49 heteroatoms. The van der Waals surface area contributed by atoms with Gasteiger partial charge in [-0.15, -0.1) is 0 Å². The van der Waals surface area contributed by atoms with Crippen molar-refractivity contribution in [3.05, 3.63) is 260 Å². The molecule has 44 nitrogen and oxygen atoms in total. The van der Waals surface area contributed by atoms with E-state index < -0.39 is 74.1 Å². The molecule has 11 heterocycles. The second-order valence-corrected chi connectivity index (χ2v) is 35.3. The molecule has 5 amide bonds. The fraction of sp³-hybridized carbons (Fsp3) is 0.360. The van der Waals surface area contributed by atoms with E-state index in [-0.39, 0.29) is 143 Å². The minimum Gasteiger partial charge on any atom is -1.00 e. The first-order valence-corrected chi connectivity index (χ1v) is 46.4. The summed E-state index contributed by atoms with van der Waals surface area (Å²) < 4.78 is 67.7. The predicted octanol–water partition coefficient (Wildman–Crippen LogP) is 13.4. The van der Waals surface area contributed by atoms with Crippen molar-refractivity contribution in [1.82, 2.24) is 63.0 Å². The number of benzene rings is 7. The molecule has 0 spiro atoms. The van der Waals surface area contributed by atoms with Gasteiger partial charge >= 0.3 is 49.0 Å². The molecule has 4 aliphatic rings. The molecule has 7 aromatic heterocycles. The molecule has 4 aliphatic heterocycles. The number of likely N-dealkylation sites (N-methyl/N-ethyl adjacent to an activating group) is 3. The number of nitro groups is 5. The zero-order chi connectivity index (χ0) is 108. The number of aromatic nitrogens is 7. The van der Waals surface area contributed by atoms with E-state index in [0.717, 1.165) is 99.9 Å². The first-order valence-electron chi connectivity index (χ1n) is 46.7. The number of hydrogen-bond donors (Lipinski definition) is 7. The van der Waals surface area contributed by atoms with Gasteiger partial charge in [-0.25, -0.2) is 24.0 Å². The number of fused-ring (bicyclic) bond motifs is 15. The summed E-state index contributed by atoms with van der Waals surface area (Å²) in [5.74, 6) is -1.55. The van der Waals surface area contributed by atoms with E-state index in [1.54, 1.807) is 128 Å². The standard InChI is InChI=1S/C18H23N3O6.C13H15N3O4.C12H11N3O3.C12H13N3O.C12H15N3.C11H9N3O3.C11H10N2O4.C7H14BrNO2.2CH3F.2CH4.Al.Li.4H/c1-5-26-16(22)15-11-12-10-13(21(24)25)6-7-14(12)20(15)9-8-19-17(23)27-18(2,3)4;1-2-20-13(17)12-8-9-7-10(16(18)19)3-4-11(9)15(12)6-5-14;1-13-4-5-14-10-3-2-9(15(17)18)6-8(10)7-11(14)12(13)16;1-14-4-5-15-10-3-2-9(13)6-8(10)7-11(15)12(14)16;1-14-4-5-15-11(8-14)7-9-6-10(13)2-3-12(9)15;15-11-10-6-7-5-8(14(16)17)1-2-9(7)13(10)4-3-12-11;1-2-17-11(14)10-6-7-5-8(13(15)16)3-4-9(7)12-10;1-7(2,3)11-6(10)9-5-4-8;2*1-2;;;;;;;;/h6-7,10-11H,5,8-9H2,1-4H3,(H,19,23);3-4,7-8H,2,5-6,14H2,1H3;2-3,6-7H,4-5H2,1H3;2-3,6-7H,4-5,13H2,1H3;2-3,6-7H,4-5,8,13H2,1H3;1-2,5-6H,3-4H2,(H,12,15);3-6,12H,2H2,1H3;4-5H2,1-3H3,(H,9,10);2*1H3;2*1H4;;;;;;/q;;;;;;;;;;;;;+1;;;;-1/i;;;;;;;;2*1D;;;;;;;;. The number of H-pyrrole nitrogens is 1. The number of nitrogens with two attached hydrogens (primary N) is 3. The number of rotatable bonds is 18. The Balaban J connectivity index is 0.000000360. The van der Waals surface area contributed by atoms with E-state index in [4.69, 9.17) is 43.6 Å². The summed E-state index contributed by atoms with van der Waals surface area (Å²) >= 11 is 3.19. The number of carbonyl (C=O) groups excluding carboxylic acids is 8. The van der Waals surface area contributed by atoms with Crippen LogP contribution in [0.5, 0.6) is 0 Å². The number of esters is 3. The molecular weight excluding hydrogens is 2020 g/mol. The molecule has 0 radical (unpaired) electrons. The van der Waals surface area contributed by atoms with Crippen LogP contribution in [0.25, 0.3) is 76.3 Å². The minimum absolute atomic E-state index is 0. The van der Waals surface area contributed by atoms with Gasteiger partial charge in [-0.2, -0.15) is 0 Å². The summed E-state index contributed by atoms with van der Waals surface area (Å²) in [7, 11) is 3.75. The number of anilines is 2. The molecule has 14 aromatic rings. The molecular formula is C100H128AlBrF2LiN21O23. The van der Waals surface area contributed by atoms with Crippen molar-refractivity contribution in [2.75, 3.05) is 118 Å². The zero-order valence-corrected chi connectivity index (χ0v) is 84.4. The van der Waals surface area contributed by atoms with Crippen molar-refractivity contribution in [1.29, 1.82) is 0 Å². The topological polar surface area (TPSA) is 568 Å². The number of carbonyl (C=O) groups is 8. The number of nitro benzene ring substituents is 5. The van der Waals surface area contributed by atoms with Crippen molar-refractivity contribution >= 4 is 197 Å². The van der Waals surface area contributed by atoms with Crippen LogP contribution in [0.3, 0.4) is 0 Å². The Hall–Kier alpha value is -15.3. The summed E-state index contributed by atoms with van der Waals surface area (Å²) in [6.45, 7) is 26.1. The summed E-state index contributed by atoms with van der Waals surface area (Å²) in [6, 6.07) is 46.7. The second-order valence-electron chi connectivity index (χ2n) is 34.5. The number of hydrogen-bond acceptors (Lipinski definition) is 27. The Labute approximate surface area is 891 Å². The van der Waals surface area contributed by atoms with Crippen molar-refractivity contribution in [2.24, 2.45) is 5.73 Å². The first kappa shape index (κ1) is 121. The fourth-order valence-electron chi connectivity index (χ4n) is 15.8. The maximum atomic E-state index is 12.2. The third-order valence-electron chi connectivity index (χ3n) is 22.2. The normalized spacial score (nSPS) is 12.6. The van der Waals surface area contributed by atoms with Crippen LogP contribution in [-0.4, -0.2) is 254 Å². The Morgan fingerprint density at radius 1 is 0.463 bits per heavy atom. The van der Waals surface area contributed by atoms with E-state index in [2.05, 4.69) is 76.1 Å². The van der Waals surface area contributed by atoms with Crippen LogP contribution in [0.1, 0.15) is 150 Å². The number of nitrogens with zero attached hydrogens (tertiary/aromatic N) is 14. The van der Waals surface area contributed by atoms with Crippen molar-refractivity contribution < 1.29 is 118 Å². The van der Waals surface area contributed by atoms with E-state index >= 15 is 0 Å². The number of alkyl halides is 3. The summed E-state index contributed by atoms with van der Waals surface area (Å²) in [6.07, 6.45) is -0.927. The Morgan fingerprint density at radius 2 is 0.812 bits per heavy atom. The molecule has 10 N–H and O–H groups in total. The molecule has 0 atom stereocenters. The van der Waals surface area contributed by atoms with Gasteiger partial charge in [0.15, 0.2) is 17.4 Å². The fourth-order valence-corrected chi connectivity index (χ4v) is 16.0. The average molecular weight is 2150 g/mol. The van der Waals surface area contributed by atoms with Gasteiger partial charge in [-0.05, 0) is 179 Å². The van der Waals surface area contributed by atoms with Crippen LogP contribution in [0.4, 0.5) is 58.2 Å². The Kier molecular flexibility index (Phi) is 45.8. The quantitative estimate of drug-likeness (QED) is 0.00798. The van der Waals surface area contributed by atoms with Gasteiger partial charge in [0.2, 0.25) is 0 Å². The van der Waals surface area contributed by atoms with Crippen molar-refractivity contribution in [3.63, 3.8) is 0 Å². The van der Waals surface area contributed by atoms with E-state index in [9.17, 15) is 97.7 Å². The molecule has 0 saturated carbocycles. The van der Waals surface area contributed by atoms with E-state index in [1.165, 1.54) is 77.3 Å². The van der Waals surface area contributed by atoms with Gasteiger partial charge in [0.1, 0.15) is 45.4 Å². The number of aromatic amines is 1. The minimum atomic E-state index is -1.00. The average Bonchev–Trinajstić information content (AvgIpc) is 1.59. The van der Waals surface area contributed by atoms with Gasteiger partial charge in [0.25, 0.3) is 46.2 Å². The van der Waals surface area contributed by atoms with Crippen LogP contribution in [0.15, 0.2) is 170 Å². The molecule has 18 rings (SSSR count). The van der Waals surface area contributed by atoms with E-state index in [1.807, 2.05) is 67.3 Å². The smallest absolute Gasteiger partial charge is 1.00 e. The van der Waals surface area contributed by atoms with Gasteiger partial charge in [-0.1, -0.05) is 30.8 Å².